The number of aromatic nitrogens is 1. The first-order valence-electron chi connectivity index (χ1n) is 14.9. The molecule has 11 heteroatoms. The van der Waals surface area contributed by atoms with Gasteiger partial charge in [0.15, 0.2) is 0 Å². The molecule has 0 bridgehead atoms. The fourth-order valence-corrected chi connectivity index (χ4v) is 5.55. The minimum Gasteiger partial charge on any atom is -0.380 e. The standard InChI is InChI=1S/C33H35F3N4O4/c1-19(44-2)14-37-15-20-9-29(32(43)40(16-20)26-6-7-26)30(41)38-25-11-22(21-3-4-21)10-23(12-25)27-8-5-24(34)13-28(27)31(42)39-17-33(35,36)18-39/h5,8-13,16,19,21,26,37H,3-4,6-7,14-15,17-18H2,1-2H3,(H,38,41)/t19-/m0/s1. The molecule has 2 aromatic carbocycles. The van der Waals surface area contributed by atoms with Crippen molar-refractivity contribution in [1.29, 1.82) is 0 Å². The van der Waals surface area contributed by atoms with Gasteiger partial charge in [0.2, 0.25) is 0 Å². The van der Waals surface area contributed by atoms with Gasteiger partial charge in [-0.15, -0.1) is 0 Å². The van der Waals surface area contributed by atoms with Crippen LogP contribution in [0, 0.1) is 5.82 Å². The third-order valence-corrected chi connectivity index (χ3v) is 8.36. The van der Waals surface area contributed by atoms with E-state index in [-0.39, 0.29) is 34.7 Å². The Hall–Kier alpha value is -3.96. The molecule has 2 saturated carbocycles. The molecule has 2 N–H and O–H groups in total. The number of halogens is 3. The minimum absolute atomic E-state index is 0.00353. The number of rotatable bonds is 11. The van der Waals surface area contributed by atoms with Crippen LogP contribution >= 0.6 is 0 Å². The maximum Gasteiger partial charge on any atom is 0.282 e. The van der Waals surface area contributed by atoms with Crippen LogP contribution in [-0.4, -0.2) is 60.1 Å². The fourth-order valence-electron chi connectivity index (χ4n) is 5.55. The molecule has 0 radical (unpaired) electrons. The lowest BCUT2D eigenvalue weighted by Crippen LogP contribution is -2.58. The first-order valence-corrected chi connectivity index (χ1v) is 14.9. The van der Waals surface area contributed by atoms with Crippen molar-refractivity contribution >= 4 is 17.5 Å². The van der Waals surface area contributed by atoms with Crippen LogP contribution in [0.15, 0.2) is 53.5 Å². The van der Waals surface area contributed by atoms with Gasteiger partial charge in [-0.1, -0.05) is 12.1 Å². The van der Waals surface area contributed by atoms with Crippen LogP contribution in [0.4, 0.5) is 18.9 Å². The molecule has 2 heterocycles. The highest BCUT2D eigenvalue weighted by Gasteiger charge is 2.46. The molecule has 0 spiro atoms. The maximum atomic E-state index is 14.3. The van der Waals surface area contributed by atoms with E-state index >= 15 is 0 Å². The quantitative estimate of drug-likeness (QED) is 0.307. The van der Waals surface area contributed by atoms with Crippen LogP contribution in [0.3, 0.4) is 0 Å². The van der Waals surface area contributed by atoms with Gasteiger partial charge in [0.1, 0.15) is 11.4 Å². The SMILES string of the molecule is CO[C@@H](C)CNCc1cc(C(=O)Nc2cc(-c3ccc(F)cc3C(=O)N3CC(F)(F)C3)cc(C3CC3)c2)c(=O)n(C2CC2)c1. The van der Waals surface area contributed by atoms with E-state index in [0.717, 1.165) is 47.8 Å². The number of carbonyl (C=O) groups is 2. The van der Waals surface area contributed by atoms with E-state index in [1.807, 2.05) is 19.1 Å². The van der Waals surface area contributed by atoms with Crippen molar-refractivity contribution in [2.45, 2.75) is 63.1 Å². The number of anilines is 1. The summed E-state index contributed by atoms with van der Waals surface area (Å²) >= 11 is 0. The van der Waals surface area contributed by atoms with Crippen LogP contribution in [0.1, 0.15) is 76.4 Å². The number of nitrogens with zero attached hydrogens (tertiary/aromatic N) is 2. The van der Waals surface area contributed by atoms with Gasteiger partial charge in [0, 0.05) is 38.1 Å². The lowest BCUT2D eigenvalue weighted by atomic mass is 9.94. The zero-order chi connectivity index (χ0) is 31.2. The van der Waals surface area contributed by atoms with Gasteiger partial charge in [-0.2, -0.15) is 0 Å². The normalized spacial score (nSPS) is 18.1. The first-order chi connectivity index (χ1) is 21.0. The van der Waals surface area contributed by atoms with Crippen molar-refractivity contribution in [2.24, 2.45) is 0 Å². The second-order valence-corrected chi connectivity index (χ2v) is 12.2. The zero-order valence-corrected chi connectivity index (χ0v) is 24.7. The molecule has 2 amide bonds. The number of hydrogen-bond donors (Lipinski definition) is 2. The Labute approximate surface area is 253 Å². The average Bonchev–Trinajstić information content (AvgIpc) is 3.89. The number of alkyl halides is 2. The van der Waals surface area contributed by atoms with E-state index in [0.29, 0.717) is 29.9 Å². The molecule has 8 nitrogen and oxygen atoms in total. The molecule has 3 fully saturated rings. The molecule has 3 aliphatic rings. The molecule has 1 aromatic heterocycles. The highest BCUT2D eigenvalue weighted by molar-refractivity contribution is 6.05. The summed E-state index contributed by atoms with van der Waals surface area (Å²) in [4.78, 5) is 41.1. The van der Waals surface area contributed by atoms with Gasteiger partial charge in [-0.25, -0.2) is 13.2 Å². The number of likely N-dealkylation sites (tertiary alicyclic amines) is 1. The van der Waals surface area contributed by atoms with Gasteiger partial charge >= 0.3 is 0 Å². The highest BCUT2D eigenvalue weighted by atomic mass is 19.3. The fraction of sp³-hybridized carbons (Fsp3) is 0.424. The van der Waals surface area contributed by atoms with Crippen molar-refractivity contribution in [1.82, 2.24) is 14.8 Å². The number of amides is 2. The van der Waals surface area contributed by atoms with Gasteiger partial charge < -0.3 is 24.8 Å². The monoisotopic (exact) mass is 608 g/mol. The van der Waals surface area contributed by atoms with Crippen molar-refractivity contribution in [2.75, 3.05) is 32.1 Å². The van der Waals surface area contributed by atoms with E-state index in [1.165, 1.54) is 12.1 Å². The van der Waals surface area contributed by atoms with Crippen LogP contribution in [0.2, 0.25) is 0 Å². The predicted molar refractivity (Wildman–Crippen MR) is 160 cm³/mol. The molecule has 1 aliphatic heterocycles. The Bertz CT molecular complexity index is 1660. The van der Waals surface area contributed by atoms with E-state index in [9.17, 15) is 27.6 Å². The largest absolute Gasteiger partial charge is 0.380 e. The van der Waals surface area contributed by atoms with Gasteiger partial charge in [0.05, 0.1) is 24.8 Å². The molecule has 2 aliphatic carbocycles. The number of pyridine rings is 1. The first kappa shape index (κ1) is 30.1. The summed E-state index contributed by atoms with van der Waals surface area (Å²) in [7, 11) is 1.63. The Morgan fingerprint density at radius 1 is 1.05 bits per heavy atom. The second kappa shape index (κ2) is 11.9. The van der Waals surface area contributed by atoms with Crippen molar-refractivity contribution in [3.05, 3.63) is 87.1 Å². The van der Waals surface area contributed by atoms with Crippen LogP contribution < -0.4 is 16.2 Å². The van der Waals surface area contributed by atoms with Crippen molar-refractivity contribution < 1.29 is 27.5 Å². The molecule has 232 valence electrons. The predicted octanol–water partition coefficient (Wildman–Crippen LogP) is 5.33. The smallest absolute Gasteiger partial charge is 0.282 e. The van der Waals surface area contributed by atoms with Crippen LogP contribution in [0.5, 0.6) is 0 Å². The summed E-state index contributed by atoms with van der Waals surface area (Å²) in [6, 6.07) is 10.8. The van der Waals surface area contributed by atoms with E-state index in [2.05, 4.69) is 10.6 Å². The maximum absolute atomic E-state index is 14.3. The summed E-state index contributed by atoms with van der Waals surface area (Å²) in [5, 5.41) is 6.18. The highest BCUT2D eigenvalue weighted by Crippen LogP contribution is 2.43. The van der Waals surface area contributed by atoms with Crippen molar-refractivity contribution in [3.63, 3.8) is 0 Å². The lowest BCUT2D eigenvalue weighted by Gasteiger charge is -2.39. The second-order valence-electron chi connectivity index (χ2n) is 12.2. The summed E-state index contributed by atoms with van der Waals surface area (Å²) in [5.41, 5.74) is 2.68. The van der Waals surface area contributed by atoms with Gasteiger partial charge in [-0.3, -0.25) is 14.4 Å². The zero-order valence-electron chi connectivity index (χ0n) is 24.7. The number of carbonyl (C=O) groups excluding carboxylic acids is 2. The Morgan fingerprint density at radius 3 is 2.45 bits per heavy atom. The lowest BCUT2D eigenvalue weighted by molar-refractivity contribution is -0.113. The number of benzene rings is 2. The van der Waals surface area contributed by atoms with Crippen LogP contribution in [-0.2, 0) is 11.3 Å². The van der Waals surface area contributed by atoms with E-state index in [4.69, 9.17) is 4.74 Å². The molecule has 1 atom stereocenters. The summed E-state index contributed by atoms with van der Waals surface area (Å²) in [6.45, 7) is 1.56. The topological polar surface area (TPSA) is 92.7 Å². The average molecular weight is 609 g/mol. The Kier molecular flexibility index (Phi) is 8.10. The summed E-state index contributed by atoms with van der Waals surface area (Å²) < 4.78 is 48.3. The van der Waals surface area contributed by atoms with Gasteiger partial charge in [-0.05, 0) is 91.1 Å². The van der Waals surface area contributed by atoms with Crippen LogP contribution in [0.25, 0.3) is 11.1 Å². The summed E-state index contributed by atoms with van der Waals surface area (Å²) in [5.74, 6) is -4.60. The molecular weight excluding hydrogens is 573 g/mol. The molecule has 6 rings (SSSR count). The summed E-state index contributed by atoms with van der Waals surface area (Å²) in [6.07, 6.45) is 5.46. The minimum atomic E-state index is -2.96. The molecule has 3 aromatic rings. The molecule has 1 saturated heterocycles. The van der Waals surface area contributed by atoms with E-state index in [1.54, 1.807) is 30.0 Å². The molecule has 0 unspecified atom stereocenters. The number of ether oxygens (including phenoxy) is 1. The van der Waals surface area contributed by atoms with E-state index < -0.39 is 36.6 Å². The number of nitrogens with one attached hydrogen (secondary N) is 2. The number of methoxy groups -OCH3 is 1. The Morgan fingerprint density at radius 2 is 1.80 bits per heavy atom. The molecular formula is C33H35F3N4O4. The van der Waals surface area contributed by atoms with Crippen molar-refractivity contribution in [3.8, 4) is 11.1 Å². The van der Waals surface area contributed by atoms with Gasteiger partial charge in [0.25, 0.3) is 23.3 Å². The third kappa shape index (κ3) is 6.58. The Balaban J connectivity index is 1.31. The number of hydrogen-bond acceptors (Lipinski definition) is 5. The third-order valence-electron chi connectivity index (χ3n) is 8.36. The molecule has 44 heavy (non-hydrogen) atoms.